The lowest BCUT2D eigenvalue weighted by molar-refractivity contribution is -0.534. The molecule has 0 aromatic heterocycles. The summed E-state index contributed by atoms with van der Waals surface area (Å²) in [6.45, 7) is 0.581. The minimum Gasteiger partial charge on any atom is -0.488 e. The number of anilines is 1. The number of nitrogens with one attached hydrogen (secondary N) is 1. The lowest BCUT2D eigenvalue weighted by atomic mass is 9.79. The number of hydrogen-bond donors (Lipinski definition) is 1. The molecule has 1 spiro atoms. The number of ether oxygens (including phenoxy) is 1. The summed E-state index contributed by atoms with van der Waals surface area (Å²) in [5.41, 5.74) is 1.40. The van der Waals surface area contributed by atoms with Gasteiger partial charge < -0.3 is 10.1 Å². The Morgan fingerprint density at radius 2 is 1.97 bits per heavy atom. The minimum absolute atomic E-state index is 0.234. The summed E-state index contributed by atoms with van der Waals surface area (Å²) in [5, 5.41) is 16.4. The largest absolute Gasteiger partial charge is 0.488 e. The number of hydrogen-bond acceptors (Lipinski definition) is 5. The first kappa shape index (κ1) is 24.1. The van der Waals surface area contributed by atoms with E-state index in [9.17, 15) is 14.9 Å². The van der Waals surface area contributed by atoms with Crippen LogP contribution in [0.1, 0.15) is 22.6 Å². The number of amides is 1. The van der Waals surface area contributed by atoms with Gasteiger partial charge in [0.2, 0.25) is 0 Å². The molecular formula is C25H20BrCl2N3O4. The number of rotatable bonds is 5. The molecule has 2 aliphatic rings. The fourth-order valence-corrected chi connectivity index (χ4v) is 6.21. The van der Waals surface area contributed by atoms with E-state index in [1.54, 1.807) is 60.5 Å². The highest BCUT2D eigenvalue weighted by Crippen LogP contribution is 2.52. The molecule has 7 nitrogen and oxygen atoms in total. The SMILES string of the molecule is CN1C[C@H](c2ccc(OCc3ccc(Cl)cc3Cl)c(Br)c2)[C@@H]([N+](=O)[O-])[C@]12C(=O)Nc1ccccc12. The third-order valence-electron chi connectivity index (χ3n) is 6.82. The molecule has 0 bridgehead atoms. The second-order valence-electron chi connectivity index (χ2n) is 8.70. The zero-order valence-electron chi connectivity index (χ0n) is 18.5. The Morgan fingerprint density at radius 1 is 1.20 bits per heavy atom. The summed E-state index contributed by atoms with van der Waals surface area (Å²) in [5.74, 6) is -0.310. The number of para-hydroxylation sites is 1. The molecule has 0 radical (unpaired) electrons. The van der Waals surface area contributed by atoms with E-state index in [-0.39, 0.29) is 17.4 Å². The predicted octanol–water partition coefficient (Wildman–Crippen LogP) is 5.86. The maximum Gasteiger partial charge on any atom is 0.256 e. The Hall–Kier alpha value is -2.65. The van der Waals surface area contributed by atoms with Crippen molar-refractivity contribution in [3.05, 3.63) is 102 Å². The standard InChI is InChI=1S/C25H20BrCl2N3O4/c1-30-12-17(23(31(33)34)25(30)18-4-2-3-5-21(18)29-24(25)32)14-7-9-22(19(26)10-14)35-13-15-6-8-16(27)11-20(15)28/h2-11,17,23H,12-13H2,1H3,(H,29,32)/t17-,23-,25-/m1/s1. The van der Waals surface area contributed by atoms with Crippen LogP contribution in [0.3, 0.4) is 0 Å². The van der Waals surface area contributed by atoms with E-state index in [1.165, 1.54) is 0 Å². The van der Waals surface area contributed by atoms with Crippen LogP contribution in [0.15, 0.2) is 65.1 Å². The Balaban J connectivity index is 1.46. The van der Waals surface area contributed by atoms with Crippen LogP contribution < -0.4 is 10.1 Å². The van der Waals surface area contributed by atoms with Gasteiger partial charge in [-0.1, -0.05) is 53.5 Å². The Labute approximate surface area is 220 Å². The third-order valence-corrected chi connectivity index (χ3v) is 8.03. The van der Waals surface area contributed by atoms with Crippen LogP contribution in [-0.4, -0.2) is 35.4 Å². The lowest BCUT2D eigenvalue weighted by Gasteiger charge is -2.30. The molecule has 3 aromatic carbocycles. The van der Waals surface area contributed by atoms with Gasteiger partial charge >= 0.3 is 0 Å². The smallest absolute Gasteiger partial charge is 0.256 e. The molecule has 0 unspecified atom stereocenters. The number of carbonyl (C=O) groups excluding carboxylic acids is 1. The number of nitrogens with zero attached hydrogens (tertiary/aromatic N) is 2. The number of benzene rings is 3. The first-order valence-electron chi connectivity index (χ1n) is 10.9. The average Bonchev–Trinajstić information content (AvgIpc) is 3.29. The molecule has 1 amide bonds. The van der Waals surface area contributed by atoms with E-state index in [1.807, 2.05) is 12.1 Å². The third kappa shape index (κ3) is 3.89. The molecule has 1 N–H and O–H groups in total. The van der Waals surface area contributed by atoms with Crippen LogP contribution in [0.25, 0.3) is 0 Å². The van der Waals surface area contributed by atoms with E-state index < -0.39 is 17.5 Å². The summed E-state index contributed by atoms with van der Waals surface area (Å²) in [4.78, 5) is 27.2. The molecule has 180 valence electrons. The van der Waals surface area contributed by atoms with Crippen molar-refractivity contribution in [2.75, 3.05) is 18.9 Å². The van der Waals surface area contributed by atoms with Crippen LogP contribution >= 0.6 is 39.1 Å². The van der Waals surface area contributed by atoms with E-state index in [0.29, 0.717) is 38.1 Å². The number of halogens is 3. The summed E-state index contributed by atoms with van der Waals surface area (Å²) in [6.07, 6.45) is 0. The lowest BCUT2D eigenvalue weighted by Crippen LogP contribution is -2.54. The first-order chi connectivity index (χ1) is 16.7. The van der Waals surface area contributed by atoms with Crippen molar-refractivity contribution in [3.8, 4) is 5.75 Å². The van der Waals surface area contributed by atoms with Crippen LogP contribution in [0, 0.1) is 10.1 Å². The zero-order chi connectivity index (χ0) is 24.9. The van der Waals surface area contributed by atoms with Gasteiger partial charge in [-0.2, -0.15) is 0 Å². The minimum atomic E-state index is -1.38. The fourth-order valence-electron chi connectivity index (χ4n) is 5.24. The first-order valence-corrected chi connectivity index (χ1v) is 12.4. The van der Waals surface area contributed by atoms with E-state index in [4.69, 9.17) is 27.9 Å². The van der Waals surface area contributed by atoms with Gasteiger partial charge in [-0.05, 0) is 58.9 Å². The van der Waals surface area contributed by atoms with Gasteiger partial charge in [0.05, 0.1) is 10.4 Å². The maximum atomic E-state index is 13.2. The van der Waals surface area contributed by atoms with Crippen molar-refractivity contribution in [2.24, 2.45) is 0 Å². The molecule has 2 aliphatic heterocycles. The average molecular weight is 577 g/mol. The number of fused-ring (bicyclic) bond motifs is 2. The topological polar surface area (TPSA) is 84.7 Å². The van der Waals surface area contributed by atoms with Gasteiger partial charge in [0.25, 0.3) is 11.9 Å². The summed E-state index contributed by atoms with van der Waals surface area (Å²) >= 11 is 15.7. The zero-order valence-corrected chi connectivity index (χ0v) is 21.6. The van der Waals surface area contributed by atoms with Crippen molar-refractivity contribution in [1.29, 1.82) is 0 Å². The maximum absolute atomic E-state index is 13.2. The molecule has 3 aromatic rings. The van der Waals surface area contributed by atoms with Crippen LogP contribution in [-0.2, 0) is 16.9 Å². The van der Waals surface area contributed by atoms with Crippen LogP contribution in [0.4, 0.5) is 5.69 Å². The van der Waals surface area contributed by atoms with Gasteiger partial charge in [0.1, 0.15) is 12.4 Å². The summed E-state index contributed by atoms with van der Waals surface area (Å²) in [6, 6.07) is 16.6. The second-order valence-corrected chi connectivity index (χ2v) is 10.4. The van der Waals surface area contributed by atoms with E-state index in [2.05, 4.69) is 21.2 Å². The van der Waals surface area contributed by atoms with Crippen LogP contribution in [0.2, 0.25) is 10.0 Å². The Kier molecular flexibility index (Phi) is 6.25. The molecule has 35 heavy (non-hydrogen) atoms. The second kappa shape index (κ2) is 9.09. The molecule has 2 heterocycles. The van der Waals surface area contributed by atoms with Crippen molar-refractivity contribution in [2.45, 2.75) is 24.1 Å². The molecule has 3 atom stereocenters. The molecular weight excluding hydrogens is 557 g/mol. The highest BCUT2D eigenvalue weighted by molar-refractivity contribution is 9.10. The Bertz CT molecular complexity index is 1350. The highest BCUT2D eigenvalue weighted by Gasteiger charge is 2.68. The molecule has 1 fully saturated rings. The predicted molar refractivity (Wildman–Crippen MR) is 138 cm³/mol. The molecule has 10 heteroatoms. The van der Waals surface area contributed by atoms with Gasteiger partial charge in [-0.25, -0.2) is 0 Å². The number of likely N-dealkylation sites (N-methyl/N-ethyl adjacent to an activating group) is 1. The quantitative estimate of drug-likeness (QED) is 0.304. The van der Waals surface area contributed by atoms with Crippen LogP contribution in [0.5, 0.6) is 5.75 Å². The number of carbonyl (C=O) groups is 1. The molecule has 0 saturated carbocycles. The Morgan fingerprint density at radius 3 is 2.69 bits per heavy atom. The molecule has 5 rings (SSSR count). The van der Waals surface area contributed by atoms with Gasteiger partial charge in [-0.15, -0.1) is 0 Å². The summed E-state index contributed by atoms with van der Waals surface area (Å²) in [7, 11) is 1.76. The van der Waals surface area contributed by atoms with Gasteiger partial charge in [0, 0.05) is 38.3 Å². The number of nitro groups is 1. The number of likely N-dealkylation sites (tertiary alicyclic amines) is 1. The molecule has 1 saturated heterocycles. The van der Waals surface area contributed by atoms with E-state index >= 15 is 0 Å². The normalized spacial score (nSPS) is 23.4. The van der Waals surface area contributed by atoms with Crippen molar-refractivity contribution in [1.82, 2.24) is 4.90 Å². The van der Waals surface area contributed by atoms with Gasteiger partial charge in [-0.3, -0.25) is 19.8 Å². The van der Waals surface area contributed by atoms with Crippen molar-refractivity contribution in [3.63, 3.8) is 0 Å². The summed E-state index contributed by atoms with van der Waals surface area (Å²) < 4.78 is 6.59. The fraction of sp³-hybridized carbons (Fsp3) is 0.240. The highest BCUT2D eigenvalue weighted by atomic mass is 79.9. The molecule has 0 aliphatic carbocycles. The monoisotopic (exact) mass is 575 g/mol. The van der Waals surface area contributed by atoms with Gasteiger partial charge in [0.15, 0.2) is 5.54 Å². The van der Waals surface area contributed by atoms with Crippen molar-refractivity contribution >= 4 is 50.7 Å². The van der Waals surface area contributed by atoms with Crippen molar-refractivity contribution < 1.29 is 14.5 Å². The van der Waals surface area contributed by atoms with E-state index in [0.717, 1.165) is 11.1 Å².